The van der Waals surface area contributed by atoms with Crippen LogP contribution in [0.15, 0.2) is 40.2 Å². The lowest BCUT2D eigenvalue weighted by Crippen LogP contribution is -2.16. The molecule has 0 saturated heterocycles. The quantitative estimate of drug-likeness (QED) is 0.217. The number of rotatable bonds is 8. The largest absolute Gasteiger partial charge is 0.465 e. The molecule has 1 amide bonds. The Morgan fingerprint density at radius 3 is 2.40 bits per heavy atom. The highest BCUT2D eigenvalue weighted by atomic mass is 32.2. The van der Waals surface area contributed by atoms with Crippen molar-refractivity contribution in [2.24, 2.45) is 0 Å². The van der Waals surface area contributed by atoms with Crippen LogP contribution in [0.3, 0.4) is 0 Å². The number of amides is 1. The van der Waals surface area contributed by atoms with E-state index in [1.807, 2.05) is 48.1 Å². The fourth-order valence-electron chi connectivity index (χ4n) is 3.61. The summed E-state index contributed by atoms with van der Waals surface area (Å²) < 4.78 is 7.03. The van der Waals surface area contributed by atoms with E-state index in [1.165, 1.54) is 40.6 Å². The molecule has 0 bridgehead atoms. The zero-order chi connectivity index (χ0) is 25.1. The molecule has 0 aliphatic rings. The molecule has 4 aromatic rings. The molecule has 7 nitrogen and oxygen atoms in total. The molecule has 1 N–H and O–H groups in total. The second-order valence-electron chi connectivity index (χ2n) is 7.93. The van der Waals surface area contributed by atoms with Crippen molar-refractivity contribution in [3.05, 3.63) is 56.6 Å². The third kappa shape index (κ3) is 5.19. The number of benzene rings is 1. The summed E-state index contributed by atoms with van der Waals surface area (Å²) >= 11 is 4.32. The molecule has 1 aromatic carbocycles. The summed E-state index contributed by atoms with van der Waals surface area (Å²) in [4.78, 5) is 26.7. The zero-order valence-electron chi connectivity index (χ0n) is 20.2. The number of hydrogen-bond acceptors (Lipinski definition) is 8. The predicted molar refractivity (Wildman–Crippen MR) is 144 cm³/mol. The fraction of sp³-hybridized carbons (Fsp3) is 0.280. The molecule has 0 saturated carbocycles. The molecule has 0 aliphatic carbocycles. The van der Waals surface area contributed by atoms with Crippen molar-refractivity contribution in [2.45, 2.75) is 39.4 Å². The van der Waals surface area contributed by atoms with Gasteiger partial charge in [-0.05, 0) is 38.8 Å². The van der Waals surface area contributed by atoms with Gasteiger partial charge in [0, 0.05) is 33.3 Å². The number of nitrogens with zero attached hydrogens (tertiary/aromatic N) is 3. The van der Waals surface area contributed by atoms with Gasteiger partial charge in [-0.3, -0.25) is 4.79 Å². The van der Waals surface area contributed by atoms with Crippen molar-refractivity contribution in [3.8, 4) is 22.5 Å². The van der Waals surface area contributed by atoms with E-state index in [-0.39, 0.29) is 11.7 Å². The second-order valence-corrected chi connectivity index (χ2v) is 10.8. The minimum absolute atomic E-state index is 0.137. The van der Waals surface area contributed by atoms with Crippen LogP contribution in [0.5, 0.6) is 0 Å². The molecule has 0 spiro atoms. The monoisotopic (exact) mass is 526 g/mol. The highest BCUT2D eigenvalue weighted by Gasteiger charge is 2.23. The van der Waals surface area contributed by atoms with Gasteiger partial charge >= 0.3 is 5.97 Å². The fourth-order valence-corrected chi connectivity index (χ4v) is 6.25. The summed E-state index contributed by atoms with van der Waals surface area (Å²) in [6, 6.07) is 7.88. The van der Waals surface area contributed by atoms with Gasteiger partial charge in [-0.15, -0.1) is 32.9 Å². The normalized spacial score (nSPS) is 11.0. The number of nitrogens with one attached hydrogen (secondary N) is 1. The Labute approximate surface area is 216 Å². The van der Waals surface area contributed by atoms with Crippen LogP contribution < -0.4 is 5.32 Å². The number of aromatic nitrogens is 3. The SMILES string of the molecule is CCn1c(SCC(=O)Nc2scc(-c3ccc(C)cc3)c2C(=O)OC)nnc1-c1csc(C)c1C. The standard InChI is InChI=1S/C25H26N4O3S3/c1-6-29-22(18-11-33-16(4)15(18)3)27-28-25(29)35-13-20(30)26-23-21(24(31)32-5)19(12-34-23)17-9-7-14(2)8-10-17/h7-12H,6,13H2,1-5H3,(H,26,30). The molecule has 35 heavy (non-hydrogen) atoms. The van der Waals surface area contributed by atoms with Crippen LogP contribution in [-0.2, 0) is 16.1 Å². The van der Waals surface area contributed by atoms with Crippen LogP contribution >= 0.6 is 34.4 Å². The Balaban J connectivity index is 1.51. The van der Waals surface area contributed by atoms with Crippen LogP contribution in [-0.4, -0.2) is 39.5 Å². The third-order valence-electron chi connectivity index (χ3n) is 5.69. The minimum Gasteiger partial charge on any atom is -0.465 e. The van der Waals surface area contributed by atoms with E-state index in [2.05, 4.69) is 34.7 Å². The number of methoxy groups -OCH3 is 1. The highest BCUT2D eigenvalue weighted by Crippen LogP contribution is 2.37. The van der Waals surface area contributed by atoms with Crippen LogP contribution in [0, 0.1) is 20.8 Å². The summed E-state index contributed by atoms with van der Waals surface area (Å²) in [5.74, 6) is 0.234. The van der Waals surface area contributed by atoms with Crippen molar-refractivity contribution >= 4 is 51.3 Å². The van der Waals surface area contributed by atoms with E-state index in [4.69, 9.17) is 4.74 Å². The van der Waals surface area contributed by atoms with Crippen molar-refractivity contribution < 1.29 is 14.3 Å². The molecule has 4 rings (SSSR count). The lowest BCUT2D eigenvalue weighted by Gasteiger charge is -2.09. The van der Waals surface area contributed by atoms with Gasteiger partial charge in [0.1, 0.15) is 10.6 Å². The van der Waals surface area contributed by atoms with Crippen LogP contribution in [0.25, 0.3) is 22.5 Å². The number of thioether (sulfide) groups is 1. The number of anilines is 1. The number of aryl methyl sites for hydroxylation is 2. The number of carbonyl (C=O) groups excluding carboxylic acids is 2. The Morgan fingerprint density at radius 1 is 1.06 bits per heavy atom. The van der Waals surface area contributed by atoms with E-state index in [1.54, 1.807) is 11.3 Å². The average molecular weight is 527 g/mol. The molecule has 0 aliphatic heterocycles. The first-order chi connectivity index (χ1) is 16.8. The van der Waals surface area contributed by atoms with Gasteiger partial charge in [-0.1, -0.05) is 41.6 Å². The Hall–Kier alpha value is -2.95. The smallest absolute Gasteiger partial charge is 0.341 e. The molecule has 182 valence electrons. The Bertz CT molecular complexity index is 1370. The summed E-state index contributed by atoms with van der Waals surface area (Å²) in [5.41, 5.74) is 5.39. The number of esters is 1. The maximum absolute atomic E-state index is 12.8. The van der Waals surface area contributed by atoms with Crippen molar-refractivity contribution in [3.63, 3.8) is 0 Å². The first kappa shape index (κ1) is 25.2. The molecular formula is C25H26N4O3S3. The van der Waals surface area contributed by atoms with Gasteiger partial charge in [0.25, 0.3) is 0 Å². The summed E-state index contributed by atoms with van der Waals surface area (Å²) in [6.07, 6.45) is 0. The Morgan fingerprint density at radius 2 is 1.77 bits per heavy atom. The second kappa shape index (κ2) is 10.8. The molecule has 3 aromatic heterocycles. The molecule has 0 fully saturated rings. The minimum atomic E-state index is -0.485. The van der Waals surface area contributed by atoms with Gasteiger partial charge in [0.2, 0.25) is 5.91 Å². The first-order valence-corrected chi connectivity index (χ1v) is 13.8. The van der Waals surface area contributed by atoms with E-state index < -0.39 is 5.97 Å². The molecular weight excluding hydrogens is 501 g/mol. The maximum Gasteiger partial charge on any atom is 0.341 e. The number of ether oxygens (including phenoxy) is 1. The van der Waals surface area contributed by atoms with Crippen molar-refractivity contribution in [1.82, 2.24) is 14.8 Å². The van der Waals surface area contributed by atoms with Gasteiger partial charge < -0.3 is 14.6 Å². The summed E-state index contributed by atoms with van der Waals surface area (Å²) in [7, 11) is 1.34. The summed E-state index contributed by atoms with van der Waals surface area (Å²) in [5, 5.41) is 16.7. The number of thiophene rings is 2. The van der Waals surface area contributed by atoms with E-state index in [9.17, 15) is 9.59 Å². The summed E-state index contributed by atoms with van der Waals surface area (Å²) in [6.45, 7) is 8.91. The van der Waals surface area contributed by atoms with E-state index in [0.29, 0.717) is 22.3 Å². The third-order valence-corrected chi connectivity index (χ3v) is 8.56. The zero-order valence-corrected chi connectivity index (χ0v) is 22.6. The number of hydrogen-bond donors (Lipinski definition) is 1. The topological polar surface area (TPSA) is 86.1 Å². The first-order valence-electron chi connectivity index (χ1n) is 11.0. The van der Waals surface area contributed by atoms with Crippen molar-refractivity contribution in [2.75, 3.05) is 18.2 Å². The molecule has 0 radical (unpaired) electrons. The lowest BCUT2D eigenvalue weighted by atomic mass is 10.0. The molecule has 0 unspecified atom stereocenters. The van der Waals surface area contributed by atoms with Crippen molar-refractivity contribution in [1.29, 1.82) is 0 Å². The van der Waals surface area contributed by atoms with Gasteiger partial charge in [0.15, 0.2) is 11.0 Å². The maximum atomic E-state index is 12.8. The number of carbonyl (C=O) groups is 2. The lowest BCUT2D eigenvalue weighted by molar-refractivity contribution is -0.113. The van der Waals surface area contributed by atoms with Crippen LogP contribution in [0.2, 0.25) is 0 Å². The predicted octanol–water partition coefficient (Wildman–Crippen LogP) is 6.20. The van der Waals surface area contributed by atoms with E-state index in [0.717, 1.165) is 28.1 Å². The van der Waals surface area contributed by atoms with Gasteiger partial charge in [-0.25, -0.2) is 4.79 Å². The van der Waals surface area contributed by atoms with Crippen LogP contribution in [0.1, 0.15) is 33.3 Å². The average Bonchev–Trinajstić information content (AvgIpc) is 3.55. The highest BCUT2D eigenvalue weighted by molar-refractivity contribution is 7.99. The molecule has 0 atom stereocenters. The van der Waals surface area contributed by atoms with Crippen LogP contribution in [0.4, 0.5) is 5.00 Å². The van der Waals surface area contributed by atoms with Gasteiger partial charge in [-0.2, -0.15) is 0 Å². The Kier molecular flexibility index (Phi) is 7.73. The van der Waals surface area contributed by atoms with Gasteiger partial charge in [0.05, 0.1) is 12.9 Å². The molecule has 10 heteroatoms. The van der Waals surface area contributed by atoms with E-state index >= 15 is 0 Å². The molecule has 3 heterocycles.